The largest absolute Gasteiger partial charge is 0.478 e. The number of sulfonamides is 1. The van der Waals surface area contributed by atoms with Crippen molar-refractivity contribution in [3.05, 3.63) is 113 Å². The van der Waals surface area contributed by atoms with Crippen LogP contribution in [0.25, 0.3) is 0 Å². The molecule has 14 heteroatoms. The fourth-order valence-corrected chi connectivity index (χ4v) is 9.33. The first-order chi connectivity index (χ1) is 27.5. The number of hydrogen-bond donors (Lipinski definition) is 3. The van der Waals surface area contributed by atoms with Crippen LogP contribution >= 0.6 is 0 Å². The van der Waals surface area contributed by atoms with E-state index in [2.05, 4.69) is 15.5 Å². The van der Waals surface area contributed by atoms with Crippen molar-refractivity contribution in [1.82, 2.24) is 9.29 Å². The molecular formula is C43H49N5O8S. The minimum absolute atomic E-state index is 0.0174. The molecule has 1 aromatic heterocycles. The number of nitrogens with zero attached hydrogens (tertiary/aromatic N) is 3. The zero-order valence-electron chi connectivity index (χ0n) is 32.3. The van der Waals surface area contributed by atoms with Crippen LogP contribution in [0.2, 0.25) is 0 Å². The molecule has 2 amide bonds. The molecule has 1 saturated heterocycles. The van der Waals surface area contributed by atoms with Gasteiger partial charge in [-0.05, 0) is 124 Å². The molecule has 0 spiro atoms. The highest BCUT2D eigenvalue weighted by Gasteiger charge is 2.35. The zero-order valence-corrected chi connectivity index (χ0v) is 33.1. The Morgan fingerprint density at radius 1 is 0.807 bits per heavy atom. The Hall–Kier alpha value is -5.60. The minimum atomic E-state index is -3.99. The summed E-state index contributed by atoms with van der Waals surface area (Å²) < 4.78 is 34.2. The number of ether oxygens (including phenoxy) is 1. The summed E-state index contributed by atoms with van der Waals surface area (Å²) in [5, 5.41) is 14.9. The molecule has 0 atom stereocenters. The van der Waals surface area contributed by atoms with E-state index in [-0.39, 0.29) is 51.9 Å². The lowest BCUT2D eigenvalue weighted by Crippen LogP contribution is -2.43. The molecule has 2 fully saturated rings. The van der Waals surface area contributed by atoms with Gasteiger partial charge < -0.3 is 25.4 Å². The van der Waals surface area contributed by atoms with Crippen molar-refractivity contribution in [2.24, 2.45) is 5.92 Å². The van der Waals surface area contributed by atoms with Crippen LogP contribution in [0.1, 0.15) is 94.2 Å². The van der Waals surface area contributed by atoms with Crippen LogP contribution in [0.5, 0.6) is 0 Å². The Morgan fingerprint density at radius 2 is 1.46 bits per heavy atom. The summed E-state index contributed by atoms with van der Waals surface area (Å²) in [4.78, 5) is 57.7. The molecule has 13 nitrogen and oxygen atoms in total. The monoisotopic (exact) mass is 795 g/mol. The van der Waals surface area contributed by atoms with Gasteiger partial charge in [0.1, 0.15) is 5.82 Å². The van der Waals surface area contributed by atoms with Crippen LogP contribution in [0, 0.1) is 5.92 Å². The maximum Gasteiger partial charge on any atom is 0.335 e. The topological polar surface area (TPSA) is 175 Å². The van der Waals surface area contributed by atoms with Crippen LogP contribution in [-0.2, 0) is 32.4 Å². The van der Waals surface area contributed by atoms with Gasteiger partial charge in [-0.15, -0.1) is 0 Å². The number of benzene rings is 3. The molecule has 1 aliphatic heterocycles. The van der Waals surface area contributed by atoms with Gasteiger partial charge in [0, 0.05) is 36.9 Å². The first-order valence-electron chi connectivity index (χ1n) is 19.5. The standard InChI is InChI=1S/C43H49N5O8S/c1-3-48(35-22-18-32(19-23-35)43(53)56-2)57(54,55)36-9-7-8-33(28-36)40(49)45-37-24-25-38(47-26-5-4-6-27-47)46-39(37)41(50)44-34-20-14-30(15-21-34)11-10-29-12-16-31(17-13-29)42(51)52/h7-9,12-17,20-21,24-25,28,32,35H,3-6,10-11,18-19,22-23,26-27H2,1-2H3,(H,44,50)(H,45,49)(H,51,52). The molecule has 300 valence electrons. The smallest absolute Gasteiger partial charge is 0.335 e. The molecule has 3 N–H and O–H groups in total. The summed E-state index contributed by atoms with van der Waals surface area (Å²) in [6.45, 7) is 3.60. The van der Waals surface area contributed by atoms with Crippen molar-refractivity contribution in [2.75, 3.05) is 42.3 Å². The van der Waals surface area contributed by atoms with Crippen LogP contribution in [0.15, 0.2) is 89.8 Å². The summed E-state index contributed by atoms with van der Waals surface area (Å²) in [5.41, 5.74) is 3.11. The highest BCUT2D eigenvalue weighted by atomic mass is 32.2. The molecule has 2 aliphatic rings. The minimum Gasteiger partial charge on any atom is -0.478 e. The molecule has 1 aliphatic carbocycles. The van der Waals surface area contributed by atoms with E-state index in [0.717, 1.165) is 43.5 Å². The quantitative estimate of drug-likeness (QED) is 0.115. The lowest BCUT2D eigenvalue weighted by atomic mass is 9.86. The summed E-state index contributed by atoms with van der Waals surface area (Å²) in [5.74, 6) is -1.98. The summed E-state index contributed by atoms with van der Waals surface area (Å²) >= 11 is 0. The second-order valence-corrected chi connectivity index (χ2v) is 16.4. The number of esters is 1. The number of methoxy groups -OCH3 is 1. The lowest BCUT2D eigenvalue weighted by Gasteiger charge is -2.34. The number of piperidine rings is 1. The number of nitrogens with one attached hydrogen (secondary N) is 2. The molecular weight excluding hydrogens is 747 g/mol. The Labute approximate surface area is 333 Å². The van der Waals surface area contributed by atoms with E-state index in [1.54, 1.807) is 55.5 Å². The molecule has 3 aromatic carbocycles. The van der Waals surface area contributed by atoms with E-state index in [1.165, 1.54) is 35.7 Å². The third-order valence-corrected chi connectivity index (χ3v) is 12.8. The van der Waals surface area contributed by atoms with Crippen molar-refractivity contribution in [3.63, 3.8) is 0 Å². The summed E-state index contributed by atoms with van der Waals surface area (Å²) in [6.07, 6.45) is 6.67. The second kappa shape index (κ2) is 18.6. The fourth-order valence-electron chi connectivity index (χ4n) is 7.59. The molecule has 57 heavy (non-hydrogen) atoms. The van der Waals surface area contributed by atoms with Crippen LogP contribution in [0.4, 0.5) is 17.2 Å². The van der Waals surface area contributed by atoms with E-state index in [0.29, 0.717) is 50.0 Å². The van der Waals surface area contributed by atoms with Crippen molar-refractivity contribution >= 4 is 51.0 Å². The number of aryl methyl sites for hydroxylation is 2. The number of rotatable bonds is 14. The van der Waals surface area contributed by atoms with Gasteiger partial charge >= 0.3 is 11.9 Å². The van der Waals surface area contributed by atoms with Gasteiger partial charge in [-0.2, -0.15) is 4.31 Å². The van der Waals surface area contributed by atoms with E-state index in [4.69, 9.17) is 14.8 Å². The number of aromatic nitrogens is 1. The average Bonchev–Trinajstić information content (AvgIpc) is 3.24. The highest BCUT2D eigenvalue weighted by Crippen LogP contribution is 2.32. The van der Waals surface area contributed by atoms with Crippen LogP contribution < -0.4 is 15.5 Å². The van der Waals surface area contributed by atoms with Crippen molar-refractivity contribution in [2.45, 2.75) is 75.6 Å². The second-order valence-electron chi connectivity index (χ2n) is 14.5. The predicted octanol–water partition coefficient (Wildman–Crippen LogP) is 6.80. The first kappa shape index (κ1) is 41.0. The number of pyridine rings is 1. The first-order valence-corrected chi connectivity index (χ1v) is 20.9. The van der Waals surface area contributed by atoms with Gasteiger partial charge in [0.05, 0.1) is 29.2 Å². The molecule has 1 saturated carbocycles. The van der Waals surface area contributed by atoms with Crippen molar-refractivity contribution < 1.29 is 37.4 Å². The maximum atomic E-state index is 13.9. The SMILES string of the molecule is CCN(C1CCC(C(=O)OC)CC1)S(=O)(=O)c1cccc(C(=O)Nc2ccc(N3CCCCC3)nc2C(=O)Nc2ccc(CCc3ccc(C(=O)O)cc3)cc2)c1. The van der Waals surface area contributed by atoms with Gasteiger partial charge in [-0.25, -0.2) is 18.2 Å². The third kappa shape index (κ3) is 10.0. The predicted molar refractivity (Wildman–Crippen MR) is 217 cm³/mol. The average molecular weight is 796 g/mol. The van der Waals surface area contributed by atoms with E-state index in [1.807, 2.05) is 12.1 Å². The molecule has 0 bridgehead atoms. The summed E-state index contributed by atoms with van der Waals surface area (Å²) in [7, 11) is -2.63. The number of carboxylic acid groups (broad SMARTS) is 1. The number of hydrogen-bond acceptors (Lipinski definition) is 9. The van der Waals surface area contributed by atoms with Crippen LogP contribution in [0.3, 0.4) is 0 Å². The fraction of sp³-hybridized carbons (Fsp3) is 0.372. The Bertz CT molecular complexity index is 2180. The number of carbonyl (C=O) groups excluding carboxylic acids is 3. The van der Waals surface area contributed by atoms with Crippen molar-refractivity contribution in [3.8, 4) is 0 Å². The van der Waals surface area contributed by atoms with Gasteiger partial charge in [0.25, 0.3) is 11.8 Å². The van der Waals surface area contributed by atoms with Gasteiger partial charge in [0.15, 0.2) is 5.69 Å². The number of anilines is 3. The normalized spacial score (nSPS) is 17.1. The molecule has 6 rings (SSSR count). The van der Waals surface area contributed by atoms with E-state index >= 15 is 0 Å². The van der Waals surface area contributed by atoms with Crippen LogP contribution in [-0.4, -0.2) is 79.4 Å². The number of amides is 2. The number of carbonyl (C=O) groups is 4. The van der Waals surface area contributed by atoms with E-state index in [9.17, 15) is 27.6 Å². The van der Waals surface area contributed by atoms with Crippen molar-refractivity contribution in [1.29, 1.82) is 0 Å². The Morgan fingerprint density at radius 3 is 2.07 bits per heavy atom. The highest BCUT2D eigenvalue weighted by molar-refractivity contribution is 7.89. The molecule has 0 radical (unpaired) electrons. The molecule has 2 heterocycles. The molecule has 0 unspecified atom stereocenters. The van der Waals surface area contributed by atoms with E-state index < -0.39 is 27.8 Å². The van der Waals surface area contributed by atoms with Gasteiger partial charge in [-0.1, -0.05) is 37.3 Å². The van der Waals surface area contributed by atoms with Gasteiger partial charge in [-0.3, -0.25) is 14.4 Å². The lowest BCUT2D eigenvalue weighted by molar-refractivity contribution is -0.146. The summed E-state index contributed by atoms with van der Waals surface area (Å²) in [6, 6.07) is 23.2. The van der Waals surface area contributed by atoms with Gasteiger partial charge in [0.2, 0.25) is 10.0 Å². The third-order valence-electron chi connectivity index (χ3n) is 10.8. The Kier molecular flexibility index (Phi) is 13.4. The zero-order chi connectivity index (χ0) is 40.5. The molecule has 4 aromatic rings. The Balaban J connectivity index is 1.17. The number of carboxylic acids is 1. The maximum absolute atomic E-state index is 13.9. The number of aromatic carboxylic acids is 1.